The van der Waals surface area contributed by atoms with Crippen molar-refractivity contribution in [3.05, 3.63) is 58.4 Å². The highest BCUT2D eigenvalue weighted by molar-refractivity contribution is 5.77. The minimum Gasteiger partial charge on any atom is -0.495 e. The van der Waals surface area contributed by atoms with Crippen LogP contribution in [0.3, 0.4) is 0 Å². The fraction of sp³-hybridized carbons (Fsp3) is 0.500. The topological polar surface area (TPSA) is 74.7 Å². The zero-order chi connectivity index (χ0) is 22.1. The summed E-state index contributed by atoms with van der Waals surface area (Å²) in [5.74, 6) is 0.223. The van der Waals surface area contributed by atoms with E-state index in [1.807, 2.05) is 17.6 Å². The van der Waals surface area contributed by atoms with Crippen molar-refractivity contribution in [2.75, 3.05) is 20.7 Å². The fourth-order valence-corrected chi connectivity index (χ4v) is 3.70. The van der Waals surface area contributed by atoms with Crippen LogP contribution in [0.15, 0.2) is 30.5 Å². The van der Waals surface area contributed by atoms with Crippen molar-refractivity contribution in [3.8, 4) is 5.75 Å². The van der Waals surface area contributed by atoms with E-state index in [2.05, 4.69) is 49.8 Å². The highest BCUT2D eigenvalue weighted by Gasteiger charge is 2.19. The van der Waals surface area contributed by atoms with Gasteiger partial charge in [-0.3, -0.25) is 15.0 Å². The molecular weight excluding hydrogens is 378 g/mol. The van der Waals surface area contributed by atoms with Gasteiger partial charge in [-0.05, 0) is 88.0 Å². The molecule has 2 aromatic rings. The number of aryl methyl sites for hydroxylation is 2. The highest BCUT2D eigenvalue weighted by atomic mass is 16.5. The highest BCUT2D eigenvalue weighted by Crippen LogP contribution is 2.21. The molecule has 0 aliphatic rings. The van der Waals surface area contributed by atoms with Crippen LogP contribution in [0.1, 0.15) is 47.2 Å². The Morgan fingerprint density at radius 2 is 1.90 bits per heavy atom. The van der Waals surface area contributed by atoms with Gasteiger partial charge >= 0.3 is 0 Å². The van der Waals surface area contributed by atoms with E-state index in [9.17, 15) is 4.79 Å². The summed E-state index contributed by atoms with van der Waals surface area (Å²) in [5, 5.41) is 9.16. The Morgan fingerprint density at radius 1 is 1.20 bits per heavy atom. The van der Waals surface area contributed by atoms with Crippen molar-refractivity contribution in [3.63, 3.8) is 0 Å². The standard InChI is InChI=1S/C24H35N3O3/c1-17-12-20(13-18(2)19(17)3)14-21(24(28)26-29)8-6-7-11-27(4)16-22-9-10-23(30-5)15-25-22/h9-10,12-13,15,21,29H,6-8,11,14,16H2,1-5H3,(H,26,28)/t21-/m0/s1. The van der Waals surface area contributed by atoms with E-state index in [0.29, 0.717) is 6.42 Å². The van der Waals surface area contributed by atoms with Crippen LogP contribution in [-0.2, 0) is 17.8 Å². The number of methoxy groups -OCH3 is 1. The summed E-state index contributed by atoms with van der Waals surface area (Å²) in [6.07, 6.45) is 5.01. The lowest BCUT2D eigenvalue weighted by molar-refractivity contribution is -0.133. The number of nitrogens with one attached hydrogen (secondary N) is 1. The van der Waals surface area contributed by atoms with Gasteiger partial charge in [0.15, 0.2) is 0 Å². The minimum atomic E-state index is -0.304. The van der Waals surface area contributed by atoms with Crippen LogP contribution in [0, 0.1) is 26.7 Å². The first-order valence-electron chi connectivity index (χ1n) is 10.5. The molecule has 2 N–H and O–H groups in total. The predicted octanol–water partition coefficient (Wildman–Crippen LogP) is 3.98. The van der Waals surface area contributed by atoms with E-state index in [-0.39, 0.29) is 11.8 Å². The largest absolute Gasteiger partial charge is 0.495 e. The molecule has 1 amide bonds. The third kappa shape index (κ3) is 7.11. The van der Waals surface area contributed by atoms with Crippen molar-refractivity contribution in [2.45, 2.75) is 53.0 Å². The lowest BCUT2D eigenvalue weighted by Crippen LogP contribution is -2.29. The second-order valence-corrected chi connectivity index (χ2v) is 8.15. The van der Waals surface area contributed by atoms with Gasteiger partial charge in [0.2, 0.25) is 5.91 Å². The second-order valence-electron chi connectivity index (χ2n) is 8.15. The molecule has 0 saturated heterocycles. The smallest absolute Gasteiger partial charge is 0.246 e. The number of benzene rings is 1. The van der Waals surface area contributed by atoms with E-state index in [0.717, 1.165) is 49.4 Å². The van der Waals surface area contributed by atoms with E-state index < -0.39 is 0 Å². The first kappa shape index (κ1) is 23.8. The Bertz CT molecular complexity index is 798. The molecule has 0 aliphatic heterocycles. The van der Waals surface area contributed by atoms with Crippen LogP contribution in [0.5, 0.6) is 5.75 Å². The van der Waals surface area contributed by atoms with E-state index in [1.165, 1.54) is 16.7 Å². The van der Waals surface area contributed by atoms with Gasteiger partial charge in [-0.1, -0.05) is 18.6 Å². The van der Waals surface area contributed by atoms with Gasteiger partial charge in [0.25, 0.3) is 0 Å². The molecule has 1 heterocycles. The van der Waals surface area contributed by atoms with Gasteiger partial charge in [0, 0.05) is 12.5 Å². The fourth-order valence-electron chi connectivity index (χ4n) is 3.70. The molecule has 0 saturated carbocycles. The molecule has 2 rings (SSSR count). The van der Waals surface area contributed by atoms with Crippen molar-refractivity contribution < 1.29 is 14.7 Å². The molecular formula is C24H35N3O3. The third-order valence-electron chi connectivity index (χ3n) is 5.76. The number of pyridine rings is 1. The Morgan fingerprint density at radius 3 is 2.47 bits per heavy atom. The first-order valence-corrected chi connectivity index (χ1v) is 10.5. The number of carbonyl (C=O) groups is 1. The van der Waals surface area contributed by atoms with Gasteiger partial charge < -0.3 is 9.64 Å². The van der Waals surface area contributed by atoms with E-state index in [4.69, 9.17) is 9.94 Å². The average molecular weight is 414 g/mol. The summed E-state index contributed by atoms with van der Waals surface area (Å²) in [5.41, 5.74) is 7.76. The molecule has 0 fully saturated rings. The molecule has 30 heavy (non-hydrogen) atoms. The maximum atomic E-state index is 12.2. The Balaban J connectivity index is 1.83. The summed E-state index contributed by atoms with van der Waals surface area (Å²) in [4.78, 5) is 18.8. The van der Waals surface area contributed by atoms with Crippen LogP contribution in [0.25, 0.3) is 0 Å². The molecule has 6 nitrogen and oxygen atoms in total. The average Bonchev–Trinajstić information content (AvgIpc) is 2.74. The maximum absolute atomic E-state index is 12.2. The normalized spacial score (nSPS) is 12.1. The monoisotopic (exact) mass is 413 g/mol. The number of aromatic nitrogens is 1. The Labute approximate surface area is 180 Å². The molecule has 0 spiro atoms. The van der Waals surface area contributed by atoms with Crippen LogP contribution < -0.4 is 10.2 Å². The number of rotatable bonds is 11. The number of hydrogen-bond acceptors (Lipinski definition) is 5. The van der Waals surface area contributed by atoms with Gasteiger partial charge in [-0.2, -0.15) is 0 Å². The molecule has 6 heteroatoms. The van der Waals surface area contributed by atoms with Crippen LogP contribution in [0.2, 0.25) is 0 Å². The Kier molecular flexibility index (Phi) is 9.27. The molecule has 164 valence electrons. The van der Waals surface area contributed by atoms with Gasteiger partial charge in [-0.15, -0.1) is 0 Å². The molecule has 0 bridgehead atoms. The summed E-state index contributed by atoms with van der Waals surface area (Å²) in [7, 11) is 3.70. The van der Waals surface area contributed by atoms with Gasteiger partial charge in [0.05, 0.1) is 19.0 Å². The molecule has 0 radical (unpaired) electrons. The number of unbranched alkanes of at least 4 members (excludes halogenated alkanes) is 1. The summed E-state index contributed by atoms with van der Waals surface area (Å²) < 4.78 is 5.14. The summed E-state index contributed by atoms with van der Waals surface area (Å²) >= 11 is 0. The van der Waals surface area contributed by atoms with Crippen LogP contribution in [0.4, 0.5) is 0 Å². The number of ether oxygens (including phenoxy) is 1. The zero-order valence-electron chi connectivity index (χ0n) is 18.9. The van der Waals surface area contributed by atoms with E-state index >= 15 is 0 Å². The molecule has 0 unspecified atom stereocenters. The lowest BCUT2D eigenvalue weighted by Gasteiger charge is -2.19. The lowest BCUT2D eigenvalue weighted by atomic mass is 9.90. The molecule has 1 aromatic heterocycles. The van der Waals surface area contributed by atoms with Crippen molar-refractivity contribution in [1.29, 1.82) is 0 Å². The first-order chi connectivity index (χ1) is 14.3. The zero-order valence-corrected chi connectivity index (χ0v) is 18.9. The van der Waals surface area contributed by atoms with E-state index in [1.54, 1.807) is 13.3 Å². The van der Waals surface area contributed by atoms with Gasteiger partial charge in [0.1, 0.15) is 5.75 Å². The number of nitrogens with zero attached hydrogens (tertiary/aromatic N) is 2. The number of amides is 1. The van der Waals surface area contributed by atoms with Crippen molar-refractivity contribution >= 4 is 5.91 Å². The van der Waals surface area contributed by atoms with Crippen LogP contribution >= 0.6 is 0 Å². The Hall–Kier alpha value is -2.44. The van der Waals surface area contributed by atoms with Crippen LogP contribution in [-0.4, -0.2) is 41.7 Å². The maximum Gasteiger partial charge on any atom is 0.246 e. The van der Waals surface area contributed by atoms with Gasteiger partial charge in [-0.25, -0.2) is 5.48 Å². The minimum absolute atomic E-state index is 0.231. The second kappa shape index (κ2) is 11.7. The molecule has 1 atom stereocenters. The summed E-state index contributed by atoms with van der Waals surface area (Å²) in [6, 6.07) is 8.19. The predicted molar refractivity (Wildman–Crippen MR) is 119 cm³/mol. The number of carbonyl (C=O) groups excluding carboxylic acids is 1. The quantitative estimate of drug-likeness (QED) is 0.331. The third-order valence-corrected chi connectivity index (χ3v) is 5.76. The SMILES string of the molecule is COc1ccc(CN(C)CCCC[C@@H](Cc2cc(C)c(C)c(C)c2)C(=O)NO)nc1. The van der Waals surface area contributed by atoms with Crippen molar-refractivity contribution in [1.82, 2.24) is 15.4 Å². The van der Waals surface area contributed by atoms with Crippen molar-refractivity contribution in [2.24, 2.45) is 5.92 Å². The number of hydroxylamine groups is 1. The number of hydrogen-bond donors (Lipinski definition) is 2. The molecule has 1 aromatic carbocycles. The summed E-state index contributed by atoms with van der Waals surface area (Å²) in [6.45, 7) is 8.00. The molecule has 0 aliphatic carbocycles.